The van der Waals surface area contributed by atoms with Gasteiger partial charge in [-0.2, -0.15) is 0 Å². The molecule has 8 nitrogen and oxygen atoms in total. The summed E-state index contributed by atoms with van der Waals surface area (Å²) in [5.74, 6) is -2.53. The van der Waals surface area contributed by atoms with Gasteiger partial charge in [0, 0.05) is 24.8 Å². The van der Waals surface area contributed by atoms with Crippen LogP contribution in [0, 0.1) is 0 Å². The number of hydrogen-bond acceptors (Lipinski definition) is 8. The molecule has 0 heterocycles. The molecule has 0 bridgehead atoms. The van der Waals surface area contributed by atoms with E-state index < -0.39 is 11.9 Å². The molecule has 0 radical (unpaired) electrons. The molecule has 0 aliphatic carbocycles. The van der Waals surface area contributed by atoms with Crippen LogP contribution in [0.15, 0.2) is 0 Å². The minimum atomic E-state index is -1.05. The first-order chi connectivity index (χ1) is 27.3. The molecule has 0 aromatic carbocycles. The van der Waals surface area contributed by atoms with Gasteiger partial charge in [-0.05, 0) is 51.4 Å². The van der Waals surface area contributed by atoms with E-state index in [1.165, 1.54) is 180 Å². The van der Waals surface area contributed by atoms with Crippen molar-refractivity contribution in [2.24, 2.45) is 0 Å². The summed E-state index contributed by atoms with van der Waals surface area (Å²) >= 11 is 0. The van der Waals surface area contributed by atoms with E-state index in [-0.39, 0.29) is 62.5 Å². The fourth-order valence-electron chi connectivity index (χ4n) is 6.89. The van der Waals surface area contributed by atoms with Crippen molar-refractivity contribution in [3.63, 3.8) is 0 Å². The molecule has 0 saturated carbocycles. The van der Waals surface area contributed by atoms with Crippen molar-refractivity contribution in [2.45, 2.75) is 271 Å². The second-order valence-corrected chi connectivity index (χ2v) is 16.2. The maximum atomic E-state index is 11.5. The van der Waals surface area contributed by atoms with Crippen LogP contribution in [0.5, 0.6) is 0 Å². The molecule has 332 valence electrons. The first-order valence-corrected chi connectivity index (χ1v) is 24.0. The number of hydrogen-bond donors (Lipinski definition) is 0. The maximum absolute atomic E-state index is 11.5. The predicted molar refractivity (Wildman–Crippen MR) is 234 cm³/mol. The fourth-order valence-corrected chi connectivity index (χ4v) is 6.89. The molecule has 9 heteroatoms. The zero-order valence-corrected chi connectivity index (χ0v) is 39.9. The average Bonchev–Trinajstić information content (AvgIpc) is 3.17. The molecule has 0 atom stereocenters. The summed E-state index contributed by atoms with van der Waals surface area (Å²) in [4.78, 5) is 43.5. The molecule has 0 aliphatic heterocycles. The molecule has 0 unspecified atom stereocenters. The summed E-state index contributed by atoms with van der Waals surface area (Å²) in [6.07, 6.45) is 45.3. The van der Waals surface area contributed by atoms with Crippen LogP contribution in [-0.2, 0) is 28.7 Å². The van der Waals surface area contributed by atoms with Crippen LogP contribution in [-0.4, -0.2) is 74.8 Å². The van der Waals surface area contributed by atoms with Crippen LogP contribution in [0.3, 0.4) is 0 Å². The number of ether oxygens (including phenoxy) is 2. The van der Waals surface area contributed by atoms with Crippen molar-refractivity contribution in [3.05, 3.63) is 0 Å². The number of unbranched alkanes of at least 4 members (excludes halogenated alkanes) is 32. The molecule has 57 heavy (non-hydrogen) atoms. The number of esters is 2. The number of carboxylic acid groups (broad SMARTS) is 2. The Balaban J connectivity index is -0.00000101. The fraction of sp³-hybridized carbons (Fsp3) is 0.917. The Hall–Kier alpha value is -0.860. The Labute approximate surface area is 381 Å². The minimum Gasteiger partial charge on any atom is -0.550 e. The van der Waals surface area contributed by atoms with Gasteiger partial charge in [-0.1, -0.05) is 206 Å². The topological polar surface area (TPSA) is 133 Å². The van der Waals surface area contributed by atoms with E-state index in [0.717, 1.165) is 25.7 Å². The van der Waals surface area contributed by atoms with Crippen molar-refractivity contribution in [1.29, 1.82) is 0 Å². The quantitative estimate of drug-likeness (QED) is 0.0336. The van der Waals surface area contributed by atoms with Gasteiger partial charge < -0.3 is 29.3 Å². The Morgan fingerprint density at radius 1 is 0.298 bits per heavy atom. The maximum Gasteiger partial charge on any atom is 2.00 e. The molecule has 0 amide bonds. The molecule has 0 spiro atoms. The number of rotatable bonds is 44. The molecule has 0 fully saturated rings. The summed E-state index contributed by atoms with van der Waals surface area (Å²) in [6.45, 7) is 5.54. The van der Waals surface area contributed by atoms with Crippen LogP contribution < -0.4 is 10.2 Å². The number of carbonyl (C=O) groups excluding carboxylic acids is 4. The normalized spacial score (nSPS) is 10.7. The molecule has 0 aliphatic rings. The summed E-state index contributed by atoms with van der Waals surface area (Å²) in [5, 5.41) is 20.5. The van der Waals surface area contributed by atoms with E-state index in [1.54, 1.807) is 0 Å². The van der Waals surface area contributed by atoms with E-state index in [9.17, 15) is 29.4 Å². The standard InChI is InChI=1S/2C24H46O4.Ca/c2*1-2-3-4-5-6-7-8-9-10-11-12-13-14-15-16-19-22-28-24(27)21-18-17-20-23(25)26;/h2*2-22H2,1H3,(H,25,26);/q;;+2/p-2. The minimum absolute atomic E-state index is 0. The van der Waals surface area contributed by atoms with Crippen LogP contribution in [0.1, 0.15) is 271 Å². The molecule has 0 saturated heterocycles. The van der Waals surface area contributed by atoms with E-state index in [0.29, 0.717) is 51.7 Å². The predicted octanol–water partition coefficient (Wildman–Crippen LogP) is 11.8. The zero-order chi connectivity index (χ0) is 41.4. The van der Waals surface area contributed by atoms with Gasteiger partial charge in [-0.3, -0.25) is 9.59 Å². The van der Waals surface area contributed by atoms with Crippen molar-refractivity contribution in [2.75, 3.05) is 13.2 Å². The summed E-state index contributed by atoms with van der Waals surface area (Å²) in [5.41, 5.74) is 0. The summed E-state index contributed by atoms with van der Waals surface area (Å²) < 4.78 is 10.3. The smallest absolute Gasteiger partial charge is 0.550 e. The Morgan fingerprint density at radius 2 is 0.491 bits per heavy atom. The third-order valence-corrected chi connectivity index (χ3v) is 10.5. The Bertz CT molecular complexity index is 784. The van der Waals surface area contributed by atoms with Gasteiger partial charge in [0.05, 0.1) is 13.2 Å². The van der Waals surface area contributed by atoms with Gasteiger partial charge in [0.15, 0.2) is 0 Å². The first kappa shape index (κ1) is 60.4. The van der Waals surface area contributed by atoms with E-state index in [4.69, 9.17) is 9.47 Å². The van der Waals surface area contributed by atoms with Crippen molar-refractivity contribution in [1.82, 2.24) is 0 Å². The second-order valence-electron chi connectivity index (χ2n) is 16.2. The number of carbonyl (C=O) groups is 4. The molecular weight excluding hydrogens is 745 g/mol. The average molecular weight is 835 g/mol. The van der Waals surface area contributed by atoms with Crippen molar-refractivity contribution < 1.29 is 38.9 Å². The molecule has 0 aromatic heterocycles. The SMILES string of the molecule is CCCCCCCCCCCCCCCCCCOC(=O)CCCCC(=O)[O-].CCCCCCCCCCCCCCCCCCOC(=O)CCCCC(=O)[O-].[Ca+2]. The van der Waals surface area contributed by atoms with Gasteiger partial charge in [0.2, 0.25) is 0 Å². The van der Waals surface area contributed by atoms with Gasteiger partial charge in [0.25, 0.3) is 0 Å². The van der Waals surface area contributed by atoms with Gasteiger partial charge in [0.1, 0.15) is 0 Å². The summed E-state index contributed by atoms with van der Waals surface area (Å²) in [6, 6.07) is 0. The van der Waals surface area contributed by atoms with Crippen LogP contribution in [0.2, 0.25) is 0 Å². The number of carboxylic acids is 2. The second kappa shape index (κ2) is 53.2. The third-order valence-electron chi connectivity index (χ3n) is 10.5. The van der Waals surface area contributed by atoms with Crippen LogP contribution in [0.4, 0.5) is 0 Å². The van der Waals surface area contributed by atoms with Gasteiger partial charge in [-0.25, -0.2) is 0 Å². The van der Waals surface area contributed by atoms with Crippen molar-refractivity contribution in [3.8, 4) is 0 Å². The Morgan fingerprint density at radius 3 is 0.702 bits per heavy atom. The van der Waals surface area contributed by atoms with Gasteiger partial charge >= 0.3 is 49.7 Å². The summed E-state index contributed by atoms with van der Waals surface area (Å²) in [7, 11) is 0. The Kier molecular flexibility index (Phi) is 56.4. The van der Waals surface area contributed by atoms with Gasteiger partial charge in [-0.15, -0.1) is 0 Å². The van der Waals surface area contributed by atoms with E-state index in [2.05, 4.69) is 13.8 Å². The van der Waals surface area contributed by atoms with Crippen molar-refractivity contribution >= 4 is 61.6 Å². The number of aliphatic carboxylic acids is 2. The first-order valence-electron chi connectivity index (χ1n) is 24.0. The molecule has 0 aromatic rings. The third kappa shape index (κ3) is 59.5. The van der Waals surface area contributed by atoms with E-state index in [1.807, 2.05) is 0 Å². The van der Waals surface area contributed by atoms with E-state index >= 15 is 0 Å². The monoisotopic (exact) mass is 835 g/mol. The zero-order valence-electron chi connectivity index (χ0n) is 37.7. The van der Waals surface area contributed by atoms with Crippen LogP contribution in [0.25, 0.3) is 0 Å². The molecule has 0 rings (SSSR count). The van der Waals surface area contributed by atoms with Crippen LogP contribution >= 0.6 is 0 Å². The molecule has 0 N–H and O–H groups in total. The largest absolute Gasteiger partial charge is 2.00 e. The molecular formula is C48H90CaO8.